The van der Waals surface area contributed by atoms with Crippen LogP contribution < -0.4 is 5.73 Å². The highest BCUT2D eigenvalue weighted by molar-refractivity contribution is 5.14. The summed E-state index contributed by atoms with van der Waals surface area (Å²) in [6.07, 6.45) is 1.28. The first-order valence-corrected chi connectivity index (χ1v) is 7.04. The Morgan fingerprint density at radius 2 is 2.11 bits per heavy atom. The Morgan fingerprint density at radius 3 is 2.78 bits per heavy atom. The predicted octanol–water partition coefficient (Wildman–Crippen LogP) is 1.54. The molecule has 1 unspecified atom stereocenters. The molecule has 3 nitrogen and oxygen atoms in total. The third-order valence-electron chi connectivity index (χ3n) is 3.84. The van der Waals surface area contributed by atoms with E-state index in [0.717, 1.165) is 26.2 Å². The van der Waals surface area contributed by atoms with Gasteiger partial charge in [0, 0.05) is 32.2 Å². The van der Waals surface area contributed by atoms with Gasteiger partial charge in [0.1, 0.15) is 0 Å². The Morgan fingerprint density at radius 1 is 1.33 bits per heavy atom. The third kappa shape index (κ3) is 3.55. The van der Waals surface area contributed by atoms with Gasteiger partial charge in [-0.2, -0.15) is 0 Å². The average Bonchev–Trinajstić information content (AvgIpc) is 2.86. The van der Waals surface area contributed by atoms with Gasteiger partial charge >= 0.3 is 0 Å². The number of hydrogen-bond acceptors (Lipinski definition) is 3. The fourth-order valence-corrected chi connectivity index (χ4v) is 2.81. The van der Waals surface area contributed by atoms with Gasteiger partial charge in [0.2, 0.25) is 0 Å². The largest absolute Gasteiger partial charge is 0.329 e. The molecule has 1 aliphatic rings. The van der Waals surface area contributed by atoms with Crippen molar-refractivity contribution in [3.63, 3.8) is 0 Å². The summed E-state index contributed by atoms with van der Waals surface area (Å²) in [7, 11) is 0. The lowest BCUT2D eigenvalue weighted by molar-refractivity contribution is 0.194. The topological polar surface area (TPSA) is 32.5 Å². The highest BCUT2D eigenvalue weighted by atomic mass is 15.2. The average molecular weight is 247 g/mol. The molecule has 1 aliphatic heterocycles. The summed E-state index contributed by atoms with van der Waals surface area (Å²) in [5.74, 6) is 0. The van der Waals surface area contributed by atoms with E-state index in [1.165, 1.54) is 25.1 Å². The standard InChI is InChI=1S/C15H25N3/c1-2-18(12-14-6-4-3-5-7-14)15-8-10-17(13-15)11-9-16/h3-7,15H,2,8-13,16H2,1H3. The molecule has 0 aromatic heterocycles. The first-order valence-electron chi connectivity index (χ1n) is 7.04. The van der Waals surface area contributed by atoms with E-state index in [4.69, 9.17) is 5.73 Å². The maximum Gasteiger partial charge on any atom is 0.0238 e. The lowest BCUT2D eigenvalue weighted by atomic mass is 10.1. The molecule has 1 atom stereocenters. The fraction of sp³-hybridized carbons (Fsp3) is 0.600. The molecule has 100 valence electrons. The number of benzene rings is 1. The van der Waals surface area contributed by atoms with Crippen LogP contribution in [0.15, 0.2) is 30.3 Å². The van der Waals surface area contributed by atoms with E-state index >= 15 is 0 Å². The fourth-order valence-electron chi connectivity index (χ4n) is 2.81. The van der Waals surface area contributed by atoms with Crippen LogP contribution in [0.5, 0.6) is 0 Å². The van der Waals surface area contributed by atoms with E-state index in [1.54, 1.807) is 0 Å². The number of nitrogens with zero attached hydrogens (tertiary/aromatic N) is 2. The Labute approximate surface area is 111 Å². The second kappa shape index (κ2) is 6.88. The van der Waals surface area contributed by atoms with Gasteiger partial charge in [-0.25, -0.2) is 0 Å². The number of hydrogen-bond donors (Lipinski definition) is 1. The van der Waals surface area contributed by atoms with Gasteiger partial charge in [-0.15, -0.1) is 0 Å². The smallest absolute Gasteiger partial charge is 0.0238 e. The minimum absolute atomic E-state index is 0.696. The molecule has 0 amide bonds. The Kier molecular flexibility index (Phi) is 5.17. The SMILES string of the molecule is CCN(Cc1ccccc1)C1CCN(CCN)C1. The normalized spacial score (nSPS) is 20.7. The van der Waals surface area contributed by atoms with Crippen LogP contribution in [0, 0.1) is 0 Å². The summed E-state index contributed by atoms with van der Waals surface area (Å²) in [6, 6.07) is 11.5. The maximum absolute atomic E-state index is 5.63. The van der Waals surface area contributed by atoms with Gasteiger partial charge in [0.25, 0.3) is 0 Å². The van der Waals surface area contributed by atoms with Crippen LogP contribution in [-0.2, 0) is 6.54 Å². The van der Waals surface area contributed by atoms with Gasteiger partial charge in [0.15, 0.2) is 0 Å². The molecule has 0 saturated carbocycles. The van der Waals surface area contributed by atoms with E-state index < -0.39 is 0 Å². The van der Waals surface area contributed by atoms with Crippen molar-refractivity contribution in [3.8, 4) is 0 Å². The zero-order chi connectivity index (χ0) is 12.8. The number of likely N-dealkylation sites (N-methyl/N-ethyl adjacent to an activating group) is 1. The van der Waals surface area contributed by atoms with Crippen molar-refractivity contribution >= 4 is 0 Å². The summed E-state index contributed by atoms with van der Waals surface area (Å²) in [4.78, 5) is 5.07. The van der Waals surface area contributed by atoms with Crippen molar-refractivity contribution in [2.75, 3.05) is 32.7 Å². The van der Waals surface area contributed by atoms with Crippen LogP contribution in [0.4, 0.5) is 0 Å². The summed E-state index contributed by atoms with van der Waals surface area (Å²) < 4.78 is 0. The molecule has 2 N–H and O–H groups in total. The van der Waals surface area contributed by atoms with Crippen LogP contribution in [0.3, 0.4) is 0 Å². The van der Waals surface area contributed by atoms with Crippen LogP contribution in [0.25, 0.3) is 0 Å². The Bertz CT molecular complexity index is 339. The van der Waals surface area contributed by atoms with Crippen LogP contribution >= 0.6 is 0 Å². The minimum Gasteiger partial charge on any atom is -0.329 e. The molecule has 2 rings (SSSR count). The van der Waals surface area contributed by atoms with Gasteiger partial charge in [-0.1, -0.05) is 37.3 Å². The molecule has 3 heteroatoms. The molecule has 1 fully saturated rings. The number of rotatable bonds is 6. The second-order valence-corrected chi connectivity index (χ2v) is 5.08. The molecule has 0 spiro atoms. The number of likely N-dealkylation sites (tertiary alicyclic amines) is 1. The van der Waals surface area contributed by atoms with Crippen LogP contribution in [-0.4, -0.2) is 48.6 Å². The maximum atomic E-state index is 5.63. The predicted molar refractivity (Wildman–Crippen MR) is 76.4 cm³/mol. The molecule has 0 bridgehead atoms. The number of nitrogens with two attached hydrogens (primary N) is 1. The monoisotopic (exact) mass is 247 g/mol. The van der Waals surface area contributed by atoms with E-state index in [1.807, 2.05) is 0 Å². The third-order valence-corrected chi connectivity index (χ3v) is 3.84. The molecule has 0 aliphatic carbocycles. The zero-order valence-corrected chi connectivity index (χ0v) is 11.4. The van der Waals surface area contributed by atoms with E-state index in [-0.39, 0.29) is 0 Å². The van der Waals surface area contributed by atoms with Crippen molar-refractivity contribution in [1.82, 2.24) is 9.80 Å². The van der Waals surface area contributed by atoms with Crippen LogP contribution in [0.2, 0.25) is 0 Å². The lowest BCUT2D eigenvalue weighted by Crippen LogP contribution is -2.37. The molecule has 1 aromatic rings. The van der Waals surface area contributed by atoms with E-state index in [2.05, 4.69) is 47.1 Å². The van der Waals surface area contributed by atoms with Gasteiger partial charge < -0.3 is 10.6 Å². The molecule has 0 radical (unpaired) electrons. The molecule has 18 heavy (non-hydrogen) atoms. The molecule has 1 heterocycles. The summed E-state index contributed by atoms with van der Waals surface area (Å²) in [6.45, 7) is 8.64. The summed E-state index contributed by atoms with van der Waals surface area (Å²) >= 11 is 0. The quantitative estimate of drug-likeness (QED) is 0.827. The molecular weight excluding hydrogens is 222 g/mol. The summed E-state index contributed by atoms with van der Waals surface area (Å²) in [5.41, 5.74) is 7.04. The van der Waals surface area contributed by atoms with Crippen LogP contribution in [0.1, 0.15) is 18.9 Å². The van der Waals surface area contributed by atoms with E-state index in [9.17, 15) is 0 Å². The van der Waals surface area contributed by atoms with E-state index in [0.29, 0.717) is 6.04 Å². The molecule has 1 aromatic carbocycles. The minimum atomic E-state index is 0.696. The first kappa shape index (κ1) is 13.5. The van der Waals surface area contributed by atoms with Gasteiger partial charge in [-0.3, -0.25) is 4.90 Å². The van der Waals surface area contributed by atoms with Gasteiger partial charge in [-0.05, 0) is 25.1 Å². The first-order chi connectivity index (χ1) is 8.83. The Balaban J connectivity index is 1.90. The summed E-state index contributed by atoms with van der Waals surface area (Å²) in [5, 5.41) is 0. The molecule has 1 saturated heterocycles. The van der Waals surface area contributed by atoms with Gasteiger partial charge in [0.05, 0.1) is 0 Å². The van der Waals surface area contributed by atoms with Crippen molar-refractivity contribution in [3.05, 3.63) is 35.9 Å². The van der Waals surface area contributed by atoms with Crippen molar-refractivity contribution in [1.29, 1.82) is 0 Å². The highest BCUT2D eigenvalue weighted by Crippen LogP contribution is 2.17. The molecular formula is C15H25N3. The Hall–Kier alpha value is -0.900. The van der Waals surface area contributed by atoms with Crippen molar-refractivity contribution in [2.24, 2.45) is 5.73 Å². The zero-order valence-electron chi connectivity index (χ0n) is 11.4. The second-order valence-electron chi connectivity index (χ2n) is 5.08. The van der Waals surface area contributed by atoms with Crippen molar-refractivity contribution in [2.45, 2.75) is 25.9 Å². The van der Waals surface area contributed by atoms with Crippen molar-refractivity contribution < 1.29 is 0 Å². The lowest BCUT2D eigenvalue weighted by Gasteiger charge is -2.27. The highest BCUT2D eigenvalue weighted by Gasteiger charge is 2.26.